The number of rotatable bonds is 2. The van der Waals surface area contributed by atoms with Gasteiger partial charge in [-0.15, -0.1) is 0 Å². The zero-order valence-electron chi connectivity index (χ0n) is 10.8. The summed E-state index contributed by atoms with van der Waals surface area (Å²) in [6.45, 7) is 1.97. The number of halogens is 1. The van der Waals surface area contributed by atoms with E-state index in [4.69, 9.17) is 11.5 Å². The summed E-state index contributed by atoms with van der Waals surface area (Å²) in [6, 6.07) is 13.1. The number of hydrogen-bond acceptors (Lipinski definition) is 2. The number of benzene rings is 2. The van der Waals surface area contributed by atoms with Crippen molar-refractivity contribution in [3.05, 3.63) is 65.5 Å². The van der Waals surface area contributed by atoms with E-state index in [1.165, 1.54) is 12.1 Å². The van der Waals surface area contributed by atoms with Gasteiger partial charge in [-0.25, -0.2) is 4.39 Å². The van der Waals surface area contributed by atoms with Crippen molar-refractivity contribution in [1.29, 1.82) is 0 Å². The van der Waals surface area contributed by atoms with Crippen molar-refractivity contribution in [2.24, 2.45) is 5.73 Å². The predicted molar refractivity (Wildman–Crippen MR) is 75.2 cm³/mol. The van der Waals surface area contributed by atoms with E-state index >= 15 is 0 Å². The molecular formula is C15H17FN2O. The molecule has 0 heterocycles. The summed E-state index contributed by atoms with van der Waals surface area (Å²) in [5.74, 6) is -0.596. The van der Waals surface area contributed by atoms with E-state index in [0.717, 1.165) is 12.0 Å². The number of hydrogen-bond donors (Lipinski definition) is 2. The van der Waals surface area contributed by atoms with Crippen molar-refractivity contribution in [2.45, 2.75) is 13.3 Å². The molecule has 0 bridgehead atoms. The SMILES string of the molecule is CCc1ccc(N)cc1C(N)=O.Fc1ccccc1. The minimum Gasteiger partial charge on any atom is -0.399 e. The van der Waals surface area contributed by atoms with Gasteiger partial charge in [0.05, 0.1) is 0 Å². The summed E-state index contributed by atoms with van der Waals surface area (Å²) >= 11 is 0. The summed E-state index contributed by atoms with van der Waals surface area (Å²) < 4.78 is 11.9. The normalized spacial score (nSPS) is 9.37. The van der Waals surface area contributed by atoms with E-state index in [0.29, 0.717) is 11.3 Å². The van der Waals surface area contributed by atoms with Crippen LogP contribution in [0.15, 0.2) is 48.5 Å². The van der Waals surface area contributed by atoms with E-state index < -0.39 is 5.91 Å². The first-order valence-corrected chi connectivity index (χ1v) is 5.93. The molecule has 19 heavy (non-hydrogen) atoms. The number of nitrogens with two attached hydrogens (primary N) is 2. The lowest BCUT2D eigenvalue weighted by atomic mass is 10.0. The highest BCUT2D eigenvalue weighted by molar-refractivity contribution is 5.95. The Kier molecular flexibility index (Phi) is 5.54. The van der Waals surface area contributed by atoms with Gasteiger partial charge in [-0.1, -0.05) is 31.2 Å². The maximum atomic E-state index is 11.9. The molecule has 1 amide bonds. The molecule has 0 spiro atoms. The lowest BCUT2D eigenvalue weighted by molar-refractivity contribution is 0.0999. The predicted octanol–water partition coefficient (Wildman–Crippen LogP) is 2.76. The Bertz CT molecular complexity index is 541. The molecule has 0 unspecified atom stereocenters. The van der Waals surface area contributed by atoms with E-state index in [9.17, 15) is 9.18 Å². The van der Waals surface area contributed by atoms with Crippen LogP contribution in [0, 0.1) is 5.82 Å². The molecule has 2 rings (SSSR count). The van der Waals surface area contributed by atoms with Gasteiger partial charge in [0.15, 0.2) is 0 Å². The van der Waals surface area contributed by atoms with E-state index in [1.807, 2.05) is 13.0 Å². The zero-order chi connectivity index (χ0) is 14.3. The molecule has 0 aromatic heterocycles. The number of amides is 1. The highest BCUT2D eigenvalue weighted by atomic mass is 19.1. The van der Waals surface area contributed by atoms with Crippen molar-refractivity contribution in [3.8, 4) is 0 Å². The Labute approximate surface area is 112 Å². The average molecular weight is 260 g/mol. The van der Waals surface area contributed by atoms with Gasteiger partial charge < -0.3 is 11.5 Å². The standard InChI is InChI=1S/C9H12N2O.C6H5F/c1-2-6-3-4-7(10)5-8(6)9(11)12;7-6-4-2-1-3-5-6/h3-5H,2,10H2,1H3,(H2,11,12);1-5H. The molecular weight excluding hydrogens is 243 g/mol. The maximum Gasteiger partial charge on any atom is 0.249 e. The number of aryl methyl sites for hydroxylation is 1. The summed E-state index contributed by atoms with van der Waals surface area (Å²) in [6.07, 6.45) is 0.790. The number of nitrogen functional groups attached to an aromatic ring is 1. The molecule has 0 aliphatic heterocycles. The molecule has 0 saturated heterocycles. The van der Waals surface area contributed by atoms with Crippen LogP contribution in [0.5, 0.6) is 0 Å². The second-order valence-electron chi connectivity index (χ2n) is 3.93. The van der Waals surface area contributed by atoms with Gasteiger partial charge in [-0.05, 0) is 36.2 Å². The first-order chi connectivity index (χ1) is 9.04. The lowest BCUT2D eigenvalue weighted by Gasteiger charge is -2.04. The third-order valence-electron chi connectivity index (χ3n) is 2.51. The van der Waals surface area contributed by atoms with Crippen LogP contribution in [0.25, 0.3) is 0 Å². The fraction of sp³-hybridized carbons (Fsp3) is 0.133. The third kappa shape index (κ3) is 4.79. The number of carbonyl (C=O) groups excluding carboxylic acids is 1. The summed E-state index contributed by atoms with van der Waals surface area (Å²) in [7, 11) is 0. The monoisotopic (exact) mass is 260 g/mol. The fourth-order valence-corrected chi connectivity index (χ4v) is 1.55. The van der Waals surface area contributed by atoms with Gasteiger partial charge in [0, 0.05) is 11.3 Å². The van der Waals surface area contributed by atoms with E-state index in [2.05, 4.69) is 0 Å². The molecule has 4 N–H and O–H groups in total. The molecule has 0 radical (unpaired) electrons. The van der Waals surface area contributed by atoms with E-state index in [-0.39, 0.29) is 5.82 Å². The second kappa shape index (κ2) is 7.16. The smallest absolute Gasteiger partial charge is 0.249 e. The second-order valence-corrected chi connectivity index (χ2v) is 3.93. The van der Waals surface area contributed by atoms with Crippen molar-refractivity contribution in [3.63, 3.8) is 0 Å². The average Bonchev–Trinajstić information content (AvgIpc) is 2.40. The highest BCUT2D eigenvalue weighted by Crippen LogP contribution is 2.13. The van der Waals surface area contributed by atoms with Crippen LogP contribution < -0.4 is 11.5 Å². The van der Waals surface area contributed by atoms with Gasteiger partial charge in [0.2, 0.25) is 5.91 Å². The minimum atomic E-state index is -0.417. The van der Waals surface area contributed by atoms with Crippen molar-refractivity contribution in [1.82, 2.24) is 0 Å². The van der Waals surface area contributed by atoms with E-state index in [1.54, 1.807) is 30.3 Å². The van der Waals surface area contributed by atoms with Crippen LogP contribution in [-0.4, -0.2) is 5.91 Å². The van der Waals surface area contributed by atoms with Crippen LogP contribution >= 0.6 is 0 Å². The van der Waals surface area contributed by atoms with Crippen LogP contribution in [0.2, 0.25) is 0 Å². The van der Waals surface area contributed by atoms with Crippen molar-refractivity contribution in [2.75, 3.05) is 5.73 Å². The zero-order valence-corrected chi connectivity index (χ0v) is 10.8. The number of carbonyl (C=O) groups is 1. The van der Waals surface area contributed by atoms with Gasteiger partial charge in [-0.2, -0.15) is 0 Å². The molecule has 0 saturated carbocycles. The Morgan fingerprint density at radius 1 is 1.16 bits per heavy atom. The Morgan fingerprint density at radius 2 is 1.79 bits per heavy atom. The summed E-state index contributed by atoms with van der Waals surface area (Å²) in [5.41, 5.74) is 12.7. The van der Waals surface area contributed by atoms with Gasteiger partial charge >= 0.3 is 0 Å². The quantitative estimate of drug-likeness (QED) is 0.815. The van der Waals surface area contributed by atoms with Crippen LogP contribution in [-0.2, 0) is 6.42 Å². The molecule has 0 atom stereocenters. The molecule has 4 heteroatoms. The highest BCUT2D eigenvalue weighted by Gasteiger charge is 2.05. The van der Waals surface area contributed by atoms with Crippen molar-refractivity contribution >= 4 is 11.6 Å². The summed E-state index contributed by atoms with van der Waals surface area (Å²) in [5, 5.41) is 0. The molecule has 0 aliphatic rings. The largest absolute Gasteiger partial charge is 0.399 e. The van der Waals surface area contributed by atoms with Crippen LogP contribution in [0.1, 0.15) is 22.8 Å². The molecule has 100 valence electrons. The maximum absolute atomic E-state index is 11.9. The first-order valence-electron chi connectivity index (χ1n) is 5.93. The molecule has 2 aromatic carbocycles. The van der Waals surface area contributed by atoms with Crippen LogP contribution in [0.4, 0.5) is 10.1 Å². The lowest BCUT2D eigenvalue weighted by Crippen LogP contribution is -2.13. The third-order valence-corrected chi connectivity index (χ3v) is 2.51. The topological polar surface area (TPSA) is 69.1 Å². The number of primary amides is 1. The Balaban J connectivity index is 0.000000218. The van der Waals surface area contributed by atoms with Crippen molar-refractivity contribution < 1.29 is 9.18 Å². The van der Waals surface area contributed by atoms with Gasteiger partial charge in [-0.3, -0.25) is 4.79 Å². The van der Waals surface area contributed by atoms with Gasteiger partial charge in [0.1, 0.15) is 5.82 Å². The molecule has 0 fully saturated rings. The first kappa shape index (κ1) is 14.7. The molecule has 2 aromatic rings. The number of anilines is 1. The Morgan fingerprint density at radius 3 is 2.21 bits per heavy atom. The summed E-state index contributed by atoms with van der Waals surface area (Å²) in [4.78, 5) is 10.9. The fourth-order valence-electron chi connectivity index (χ4n) is 1.55. The molecule has 3 nitrogen and oxygen atoms in total. The van der Waals surface area contributed by atoms with Gasteiger partial charge in [0.25, 0.3) is 0 Å². The molecule has 0 aliphatic carbocycles. The minimum absolute atomic E-state index is 0.178. The Hall–Kier alpha value is -2.36. The van der Waals surface area contributed by atoms with Crippen LogP contribution in [0.3, 0.4) is 0 Å².